The Labute approximate surface area is 164 Å². The predicted molar refractivity (Wildman–Crippen MR) is 99.4 cm³/mol. The molecule has 0 aliphatic rings. The molecule has 0 saturated carbocycles. The monoisotopic (exact) mass is 412 g/mol. The van der Waals surface area contributed by atoms with Crippen molar-refractivity contribution in [2.75, 3.05) is 18.5 Å². The van der Waals surface area contributed by atoms with Gasteiger partial charge in [0.1, 0.15) is 5.75 Å². The van der Waals surface area contributed by atoms with Crippen LogP contribution < -0.4 is 10.1 Å². The molecular weight excluding hydrogens is 399 g/mol. The quantitative estimate of drug-likeness (QED) is 0.421. The van der Waals surface area contributed by atoms with Crippen molar-refractivity contribution in [3.05, 3.63) is 62.1 Å². The van der Waals surface area contributed by atoms with Crippen molar-refractivity contribution in [2.45, 2.75) is 6.92 Å². The molecule has 0 aliphatic heterocycles. The second-order valence-electron chi connectivity index (χ2n) is 5.30. The minimum atomic E-state index is -0.787. The minimum Gasteiger partial charge on any atom is -0.482 e. The van der Waals surface area contributed by atoms with Gasteiger partial charge in [-0.3, -0.25) is 14.9 Å². The van der Waals surface area contributed by atoms with E-state index in [-0.39, 0.29) is 22.1 Å². The summed E-state index contributed by atoms with van der Waals surface area (Å²) in [7, 11) is 0. The number of benzene rings is 2. The van der Waals surface area contributed by atoms with Crippen molar-refractivity contribution in [1.29, 1.82) is 0 Å². The van der Waals surface area contributed by atoms with Crippen molar-refractivity contribution in [3.8, 4) is 5.75 Å². The zero-order valence-corrected chi connectivity index (χ0v) is 15.5. The van der Waals surface area contributed by atoms with Gasteiger partial charge in [0.25, 0.3) is 11.6 Å². The molecule has 1 amide bonds. The number of ether oxygens (including phenoxy) is 2. The van der Waals surface area contributed by atoms with Crippen LogP contribution in [-0.4, -0.2) is 30.0 Å². The number of anilines is 1. The van der Waals surface area contributed by atoms with Gasteiger partial charge in [0.05, 0.1) is 20.7 Å². The van der Waals surface area contributed by atoms with Crippen molar-refractivity contribution >= 4 is 46.5 Å². The number of esters is 1. The summed E-state index contributed by atoms with van der Waals surface area (Å²) in [6.07, 6.45) is 0. The van der Waals surface area contributed by atoms with E-state index in [9.17, 15) is 19.7 Å². The summed E-state index contributed by atoms with van der Waals surface area (Å²) in [4.78, 5) is 33.5. The summed E-state index contributed by atoms with van der Waals surface area (Å²) < 4.78 is 9.94. The first-order valence-corrected chi connectivity index (χ1v) is 8.31. The fourth-order valence-corrected chi connectivity index (χ4v) is 2.41. The first-order valence-electron chi connectivity index (χ1n) is 7.55. The Bertz CT molecular complexity index is 870. The summed E-state index contributed by atoms with van der Waals surface area (Å²) in [6, 6.07) is 8.46. The number of halogens is 2. The molecule has 0 heterocycles. The molecule has 142 valence electrons. The van der Waals surface area contributed by atoms with Gasteiger partial charge in [-0.15, -0.1) is 0 Å². The molecule has 2 aromatic rings. The average Bonchev–Trinajstić information content (AvgIpc) is 2.65. The molecule has 1 N–H and O–H groups in total. The molecule has 0 aliphatic carbocycles. The molecule has 0 fully saturated rings. The zero-order chi connectivity index (χ0) is 20.0. The number of non-ortho nitro benzene ring substituents is 1. The number of nitro benzene ring substituents is 1. The van der Waals surface area contributed by atoms with Crippen LogP contribution in [0.1, 0.15) is 5.56 Å². The first-order chi connectivity index (χ1) is 12.8. The van der Waals surface area contributed by atoms with E-state index in [0.29, 0.717) is 5.02 Å². The number of hydrogen-bond donors (Lipinski definition) is 1. The van der Waals surface area contributed by atoms with Gasteiger partial charge in [0, 0.05) is 12.1 Å². The molecule has 0 saturated heterocycles. The van der Waals surface area contributed by atoms with Gasteiger partial charge >= 0.3 is 5.97 Å². The molecule has 0 radical (unpaired) electrons. The van der Waals surface area contributed by atoms with E-state index < -0.39 is 30.0 Å². The summed E-state index contributed by atoms with van der Waals surface area (Å²) in [5, 5.41) is 13.6. The third kappa shape index (κ3) is 5.83. The van der Waals surface area contributed by atoms with Crippen LogP contribution in [0.25, 0.3) is 0 Å². The Balaban J connectivity index is 1.81. The molecule has 10 heteroatoms. The number of nitrogens with zero attached hydrogens (tertiary/aromatic N) is 1. The molecule has 0 bridgehead atoms. The highest BCUT2D eigenvalue weighted by Crippen LogP contribution is 2.32. The molecule has 0 aromatic heterocycles. The molecular formula is C17H14Cl2N2O6. The Morgan fingerprint density at radius 3 is 2.41 bits per heavy atom. The van der Waals surface area contributed by atoms with E-state index in [1.807, 2.05) is 0 Å². The van der Waals surface area contributed by atoms with Gasteiger partial charge in [0.15, 0.2) is 13.2 Å². The first kappa shape index (κ1) is 20.5. The lowest BCUT2D eigenvalue weighted by atomic mass is 10.2. The number of aryl methyl sites for hydroxylation is 1. The van der Waals surface area contributed by atoms with Crippen LogP contribution in [-0.2, 0) is 14.3 Å². The van der Waals surface area contributed by atoms with E-state index in [2.05, 4.69) is 5.32 Å². The highest BCUT2D eigenvalue weighted by atomic mass is 35.5. The summed E-state index contributed by atoms with van der Waals surface area (Å²) in [6.45, 7) is 0.740. The third-order valence-corrected chi connectivity index (χ3v) is 4.12. The minimum absolute atomic E-state index is 0.102. The van der Waals surface area contributed by atoms with E-state index >= 15 is 0 Å². The fraction of sp³-hybridized carbons (Fsp3) is 0.176. The van der Waals surface area contributed by atoms with E-state index in [0.717, 1.165) is 5.56 Å². The Hall–Kier alpha value is -2.84. The van der Waals surface area contributed by atoms with Crippen molar-refractivity contribution in [3.63, 3.8) is 0 Å². The third-order valence-electron chi connectivity index (χ3n) is 3.32. The topological polar surface area (TPSA) is 108 Å². The van der Waals surface area contributed by atoms with Gasteiger partial charge in [0.2, 0.25) is 0 Å². The maximum Gasteiger partial charge on any atom is 0.344 e. The van der Waals surface area contributed by atoms with Crippen LogP contribution in [0.5, 0.6) is 5.75 Å². The second-order valence-corrected chi connectivity index (χ2v) is 6.09. The van der Waals surface area contributed by atoms with Crippen LogP contribution in [0.15, 0.2) is 36.4 Å². The highest BCUT2D eigenvalue weighted by molar-refractivity contribution is 6.40. The molecule has 0 atom stereocenters. The molecule has 8 nitrogen and oxygen atoms in total. The lowest BCUT2D eigenvalue weighted by Crippen LogP contribution is -2.24. The van der Waals surface area contributed by atoms with Gasteiger partial charge in [-0.1, -0.05) is 29.3 Å². The smallest absolute Gasteiger partial charge is 0.344 e. The maximum absolute atomic E-state index is 11.9. The number of rotatable bonds is 7. The lowest BCUT2D eigenvalue weighted by molar-refractivity contribution is -0.384. The van der Waals surface area contributed by atoms with E-state index in [4.69, 9.17) is 32.7 Å². The van der Waals surface area contributed by atoms with Gasteiger partial charge in [-0.25, -0.2) is 4.79 Å². The summed E-state index contributed by atoms with van der Waals surface area (Å²) >= 11 is 12.1. The van der Waals surface area contributed by atoms with Crippen LogP contribution in [0.3, 0.4) is 0 Å². The van der Waals surface area contributed by atoms with Crippen LogP contribution in [0.2, 0.25) is 10.0 Å². The van der Waals surface area contributed by atoms with Crippen LogP contribution in [0, 0.1) is 17.0 Å². The SMILES string of the molecule is Cc1ccc(Cl)c(NC(=O)COC(=O)COc2ccc([N+](=O)[O-])cc2)c1Cl. The van der Waals surface area contributed by atoms with Gasteiger partial charge < -0.3 is 14.8 Å². The van der Waals surface area contributed by atoms with Crippen molar-refractivity contribution in [1.82, 2.24) is 0 Å². The number of hydrogen-bond acceptors (Lipinski definition) is 6. The van der Waals surface area contributed by atoms with Gasteiger partial charge in [-0.2, -0.15) is 0 Å². The summed E-state index contributed by atoms with van der Waals surface area (Å²) in [5.41, 5.74) is 0.862. The molecule has 27 heavy (non-hydrogen) atoms. The fourth-order valence-electron chi connectivity index (χ4n) is 1.94. The van der Waals surface area contributed by atoms with E-state index in [1.54, 1.807) is 19.1 Å². The number of carbonyl (C=O) groups is 2. The second kappa shape index (κ2) is 9.20. The number of amides is 1. The summed E-state index contributed by atoms with van der Waals surface area (Å²) in [5.74, 6) is -1.15. The van der Waals surface area contributed by atoms with E-state index in [1.165, 1.54) is 24.3 Å². The Morgan fingerprint density at radius 2 is 1.78 bits per heavy atom. The Kier molecular flexibility index (Phi) is 6.98. The number of nitrogens with one attached hydrogen (secondary N) is 1. The molecule has 2 aromatic carbocycles. The number of carbonyl (C=O) groups excluding carboxylic acids is 2. The highest BCUT2D eigenvalue weighted by Gasteiger charge is 2.14. The Morgan fingerprint density at radius 1 is 1.11 bits per heavy atom. The van der Waals surface area contributed by atoms with Gasteiger partial charge in [-0.05, 0) is 30.7 Å². The average molecular weight is 413 g/mol. The normalized spacial score (nSPS) is 10.2. The number of nitro groups is 1. The predicted octanol–water partition coefficient (Wildman–Crippen LogP) is 3.77. The molecule has 2 rings (SSSR count). The lowest BCUT2D eigenvalue weighted by Gasteiger charge is -2.11. The zero-order valence-electron chi connectivity index (χ0n) is 14.0. The largest absolute Gasteiger partial charge is 0.482 e. The maximum atomic E-state index is 11.9. The van der Waals surface area contributed by atoms with Crippen molar-refractivity contribution in [2.24, 2.45) is 0 Å². The van der Waals surface area contributed by atoms with Crippen LogP contribution >= 0.6 is 23.2 Å². The standard InChI is InChI=1S/C17H14Cl2N2O6/c1-10-2-7-13(18)17(16(10)19)20-14(22)8-27-15(23)9-26-12-5-3-11(4-6-12)21(24)25/h2-7H,8-9H2,1H3,(H,20,22). The molecule has 0 unspecified atom stereocenters. The van der Waals surface area contributed by atoms with Crippen LogP contribution in [0.4, 0.5) is 11.4 Å². The van der Waals surface area contributed by atoms with Crippen molar-refractivity contribution < 1.29 is 24.0 Å². The molecule has 0 spiro atoms.